The highest BCUT2D eigenvalue weighted by molar-refractivity contribution is 7.92. The van der Waals surface area contributed by atoms with Gasteiger partial charge in [-0.25, -0.2) is 8.42 Å². The second-order valence-electron chi connectivity index (χ2n) is 3.23. The highest BCUT2D eigenvalue weighted by Gasteiger charge is 2.04. The molecule has 0 bridgehead atoms. The standard InChI is InChI=1S/C9H14N2O2S.C2H6/c1-7-5-8(6-10)3-4-9(7)11-14(2,12)13;1-2/h3-5,11H,6,10H2,1-2H3;1-2H3. The fraction of sp³-hybridized carbons (Fsp3) is 0.455. The van der Waals surface area contributed by atoms with Crippen LogP contribution in [0.25, 0.3) is 0 Å². The molecule has 1 aromatic rings. The van der Waals surface area contributed by atoms with E-state index in [0.717, 1.165) is 17.4 Å². The summed E-state index contributed by atoms with van der Waals surface area (Å²) in [5, 5.41) is 0. The van der Waals surface area contributed by atoms with Gasteiger partial charge in [0.25, 0.3) is 0 Å². The SMILES string of the molecule is CC.Cc1cc(CN)ccc1NS(C)(=O)=O. The Hall–Kier alpha value is -1.07. The Morgan fingerprint density at radius 3 is 2.25 bits per heavy atom. The molecule has 0 aliphatic rings. The van der Waals surface area contributed by atoms with Gasteiger partial charge >= 0.3 is 0 Å². The molecule has 0 spiro atoms. The van der Waals surface area contributed by atoms with Crippen LogP contribution in [0.3, 0.4) is 0 Å². The van der Waals surface area contributed by atoms with Crippen LogP contribution in [0.5, 0.6) is 0 Å². The lowest BCUT2D eigenvalue weighted by atomic mass is 10.1. The van der Waals surface area contributed by atoms with E-state index in [9.17, 15) is 8.42 Å². The first-order valence-electron chi connectivity index (χ1n) is 5.20. The molecule has 92 valence electrons. The van der Waals surface area contributed by atoms with E-state index in [1.54, 1.807) is 12.1 Å². The molecular weight excluding hydrogens is 224 g/mol. The molecule has 0 aliphatic carbocycles. The van der Waals surface area contributed by atoms with E-state index in [1.807, 2.05) is 26.8 Å². The summed E-state index contributed by atoms with van der Waals surface area (Å²) in [6, 6.07) is 5.40. The number of nitrogens with two attached hydrogens (primary N) is 1. The van der Waals surface area contributed by atoms with Crippen LogP contribution in [-0.2, 0) is 16.6 Å². The van der Waals surface area contributed by atoms with Crippen molar-refractivity contribution in [2.24, 2.45) is 5.73 Å². The largest absolute Gasteiger partial charge is 0.326 e. The molecule has 1 aromatic carbocycles. The number of sulfonamides is 1. The molecule has 0 fully saturated rings. The summed E-state index contributed by atoms with van der Waals surface area (Å²) < 4.78 is 24.4. The van der Waals surface area contributed by atoms with Crippen LogP contribution in [0.4, 0.5) is 5.69 Å². The fourth-order valence-corrected chi connectivity index (χ4v) is 1.80. The summed E-state index contributed by atoms with van der Waals surface area (Å²) in [6.07, 6.45) is 1.13. The summed E-state index contributed by atoms with van der Waals surface area (Å²) in [5.74, 6) is 0. The van der Waals surface area contributed by atoms with Crippen LogP contribution < -0.4 is 10.5 Å². The second-order valence-corrected chi connectivity index (χ2v) is 4.98. The van der Waals surface area contributed by atoms with Crippen molar-refractivity contribution in [3.8, 4) is 0 Å². The Morgan fingerprint density at radius 2 is 1.88 bits per heavy atom. The van der Waals surface area contributed by atoms with Gasteiger partial charge in [0.05, 0.1) is 11.9 Å². The van der Waals surface area contributed by atoms with Crippen molar-refractivity contribution < 1.29 is 8.42 Å². The van der Waals surface area contributed by atoms with Crippen LogP contribution in [0.2, 0.25) is 0 Å². The van der Waals surface area contributed by atoms with Crippen molar-refractivity contribution in [3.63, 3.8) is 0 Å². The summed E-state index contributed by atoms with van der Waals surface area (Å²) >= 11 is 0. The molecule has 5 heteroatoms. The van der Waals surface area contributed by atoms with Crippen molar-refractivity contribution in [2.45, 2.75) is 27.3 Å². The zero-order chi connectivity index (χ0) is 12.8. The molecule has 0 atom stereocenters. The maximum absolute atomic E-state index is 11.0. The van der Waals surface area contributed by atoms with Crippen LogP contribution in [0.1, 0.15) is 25.0 Å². The number of rotatable bonds is 3. The van der Waals surface area contributed by atoms with Gasteiger partial charge in [-0.2, -0.15) is 0 Å². The van der Waals surface area contributed by atoms with Gasteiger partial charge in [-0.1, -0.05) is 26.0 Å². The third-order valence-corrected chi connectivity index (χ3v) is 2.41. The second kappa shape index (κ2) is 6.50. The van der Waals surface area contributed by atoms with E-state index >= 15 is 0 Å². The number of hydrogen-bond donors (Lipinski definition) is 2. The Bertz CT molecular complexity index is 428. The van der Waals surface area contributed by atoms with E-state index in [2.05, 4.69) is 4.72 Å². The van der Waals surface area contributed by atoms with Crippen molar-refractivity contribution >= 4 is 15.7 Å². The lowest BCUT2D eigenvalue weighted by Gasteiger charge is -2.08. The van der Waals surface area contributed by atoms with Crippen molar-refractivity contribution in [1.29, 1.82) is 0 Å². The minimum absolute atomic E-state index is 0.458. The summed E-state index contributed by atoms with van der Waals surface area (Å²) in [7, 11) is -3.20. The maximum Gasteiger partial charge on any atom is 0.229 e. The van der Waals surface area contributed by atoms with E-state index < -0.39 is 10.0 Å². The molecular formula is C11H20N2O2S. The molecule has 4 nitrogen and oxygen atoms in total. The van der Waals surface area contributed by atoms with Crippen molar-refractivity contribution in [2.75, 3.05) is 11.0 Å². The zero-order valence-electron chi connectivity index (χ0n) is 10.2. The number of anilines is 1. The third-order valence-electron chi connectivity index (χ3n) is 1.82. The average Bonchev–Trinajstić information content (AvgIpc) is 2.22. The first-order valence-corrected chi connectivity index (χ1v) is 7.09. The van der Waals surface area contributed by atoms with Gasteiger partial charge < -0.3 is 5.73 Å². The fourth-order valence-electron chi connectivity index (χ4n) is 1.17. The highest BCUT2D eigenvalue weighted by Crippen LogP contribution is 2.17. The van der Waals surface area contributed by atoms with Gasteiger partial charge in [0, 0.05) is 6.54 Å². The molecule has 1 rings (SSSR count). The molecule has 0 unspecified atom stereocenters. The molecule has 0 aromatic heterocycles. The third kappa shape index (κ3) is 5.14. The number of hydrogen-bond acceptors (Lipinski definition) is 3. The number of benzene rings is 1. The Balaban J connectivity index is 0.00000106. The monoisotopic (exact) mass is 244 g/mol. The summed E-state index contributed by atoms with van der Waals surface area (Å²) in [4.78, 5) is 0. The highest BCUT2D eigenvalue weighted by atomic mass is 32.2. The van der Waals surface area contributed by atoms with E-state index in [1.165, 1.54) is 0 Å². The number of nitrogens with one attached hydrogen (secondary N) is 1. The van der Waals surface area contributed by atoms with Crippen LogP contribution in [0.15, 0.2) is 18.2 Å². The Kier molecular flexibility index (Phi) is 6.06. The lowest BCUT2D eigenvalue weighted by molar-refractivity contribution is 0.607. The van der Waals surface area contributed by atoms with E-state index in [0.29, 0.717) is 12.2 Å². The molecule has 0 saturated carbocycles. The molecule has 0 heterocycles. The van der Waals surface area contributed by atoms with Crippen LogP contribution in [-0.4, -0.2) is 14.7 Å². The van der Waals surface area contributed by atoms with Gasteiger partial charge in [0.2, 0.25) is 10.0 Å². The molecule has 16 heavy (non-hydrogen) atoms. The minimum atomic E-state index is -3.20. The predicted molar refractivity (Wildman–Crippen MR) is 68.9 cm³/mol. The van der Waals surface area contributed by atoms with Gasteiger partial charge in [0.1, 0.15) is 0 Å². The van der Waals surface area contributed by atoms with Gasteiger partial charge in [0.15, 0.2) is 0 Å². The zero-order valence-corrected chi connectivity index (χ0v) is 11.1. The predicted octanol–water partition coefficient (Wildman–Crippen LogP) is 1.85. The van der Waals surface area contributed by atoms with Gasteiger partial charge in [-0.05, 0) is 24.1 Å². The Labute approximate surface area is 97.9 Å². The summed E-state index contributed by atoms with van der Waals surface area (Å²) in [5.41, 5.74) is 7.92. The lowest BCUT2D eigenvalue weighted by Crippen LogP contribution is -2.10. The minimum Gasteiger partial charge on any atom is -0.326 e. The topological polar surface area (TPSA) is 72.2 Å². The van der Waals surface area contributed by atoms with Crippen molar-refractivity contribution in [3.05, 3.63) is 29.3 Å². The molecule has 0 saturated heterocycles. The Morgan fingerprint density at radius 1 is 1.31 bits per heavy atom. The van der Waals surface area contributed by atoms with E-state index in [4.69, 9.17) is 5.73 Å². The quantitative estimate of drug-likeness (QED) is 0.852. The summed E-state index contributed by atoms with van der Waals surface area (Å²) in [6.45, 7) is 6.30. The van der Waals surface area contributed by atoms with Gasteiger partial charge in [-0.15, -0.1) is 0 Å². The molecule has 0 aliphatic heterocycles. The molecule has 0 amide bonds. The smallest absolute Gasteiger partial charge is 0.229 e. The average molecular weight is 244 g/mol. The molecule has 0 radical (unpaired) electrons. The van der Waals surface area contributed by atoms with Crippen LogP contribution in [0, 0.1) is 6.92 Å². The molecule has 3 N–H and O–H groups in total. The normalized spacial score (nSPS) is 10.3. The first kappa shape index (κ1) is 14.9. The first-order chi connectivity index (χ1) is 7.42. The van der Waals surface area contributed by atoms with Gasteiger partial charge in [-0.3, -0.25) is 4.72 Å². The van der Waals surface area contributed by atoms with Crippen LogP contribution >= 0.6 is 0 Å². The van der Waals surface area contributed by atoms with E-state index in [-0.39, 0.29) is 0 Å². The number of aryl methyl sites for hydroxylation is 1. The maximum atomic E-state index is 11.0. The van der Waals surface area contributed by atoms with Crippen molar-refractivity contribution in [1.82, 2.24) is 0 Å².